The van der Waals surface area contributed by atoms with Crippen LogP contribution in [-0.4, -0.2) is 86.9 Å². The number of carboxylic acids is 1. The highest BCUT2D eigenvalue weighted by molar-refractivity contribution is 7.98. The molecule has 0 aliphatic rings. The lowest BCUT2D eigenvalue weighted by molar-refractivity contribution is -0.142. The first-order chi connectivity index (χ1) is 17.1. The highest BCUT2D eigenvalue weighted by Gasteiger charge is 2.32. The predicted octanol–water partition coefficient (Wildman–Crippen LogP) is -0.360. The molecular weight excluding hydrogens is 506 g/mol. The van der Waals surface area contributed by atoms with Crippen molar-refractivity contribution in [3.05, 3.63) is 36.0 Å². The van der Waals surface area contributed by atoms with Gasteiger partial charge in [-0.15, -0.1) is 0 Å². The van der Waals surface area contributed by atoms with E-state index in [-0.39, 0.29) is 12.2 Å². The topological polar surface area (TPSA) is 187 Å². The molecule has 198 valence electrons. The smallest absolute Gasteiger partial charge is 0.327 e. The zero-order chi connectivity index (χ0) is 26.8. The van der Waals surface area contributed by atoms with E-state index in [1.54, 1.807) is 6.20 Å². The molecule has 0 saturated heterocycles. The molecule has 0 bridgehead atoms. The number of thiol groups is 1. The van der Waals surface area contributed by atoms with Crippen LogP contribution in [0.15, 0.2) is 30.5 Å². The predicted molar refractivity (Wildman–Crippen MR) is 142 cm³/mol. The number of aromatic amines is 1. The maximum Gasteiger partial charge on any atom is 0.327 e. The van der Waals surface area contributed by atoms with E-state index in [0.717, 1.165) is 16.5 Å². The summed E-state index contributed by atoms with van der Waals surface area (Å²) in [6.07, 6.45) is 2.76. The molecule has 1 aromatic carbocycles. The van der Waals surface area contributed by atoms with Crippen molar-refractivity contribution in [1.29, 1.82) is 0 Å². The number of carbonyl (C=O) groups excluding carboxylic acids is 3. The Morgan fingerprint density at radius 2 is 1.75 bits per heavy atom. The van der Waals surface area contributed by atoms with Crippen LogP contribution in [0.4, 0.5) is 0 Å². The summed E-state index contributed by atoms with van der Waals surface area (Å²) in [7, 11) is 0. The summed E-state index contributed by atoms with van der Waals surface area (Å²) >= 11 is 5.44. The molecule has 2 rings (SSSR count). The fourth-order valence-electron chi connectivity index (χ4n) is 3.49. The summed E-state index contributed by atoms with van der Waals surface area (Å²) < 4.78 is 0. The van der Waals surface area contributed by atoms with E-state index in [1.165, 1.54) is 18.7 Å². The molecule has 0 aliphatic heterocycles. The van der Waals surface area contributed by atoms with E-state index in [0.29, 0.717) is 12.2 Å². The number of benzene rings is 1. The van der Waals surface area contributed by atoms with E-state index >= 15 is 0 Å². The zero-order valence-electron chi connectivity index (χ0n) is 20.1. The summed E-state index contributed by atoms with van der Waals surface area (Å²) in [4.78, 5) is 53.0. The highest BCUT2D eigenvalue weighted by Crippen LogP contribution is 2.19. The third-order valence-electron chi connectivity index (χ3n) is 5.56. The van der Waals surface area contributed by atoms with Crippen molar-refractivity contribution in [2.45, 2.75) is 50.0 Å². The van der Waals surface area contributed by atoms with E-state index in [2.05, 4.69) is 33.6 Å². The monoisotopic (exact) mass is 539 g/mol. The average molecular weight is 540 g/mol. The van der Waals surface area contributed by atoms with Crippen molar-refractivity contribution in [3.63, 3.8) is 0 Å². The third kappa shape index (κ3) is 8.15. The number of para-hydroxylation sites is 1. The van der Waals surface area contributed by atoms with Gasteiger partial charge >= 0.3 is 5.97 Å². The summed E-state index contributed by atoms with van der Waals surface area (Å²) in [6.45, 7) is 1.28. The highest BCUT2D eigenvalue weighted by atomic mass is 32.2. The minimum absolute atomic E-state index is 0.0827. The van der Waals surface area contributed by atoms with Crippen LogP contribution in [0.5, 0.6) is 0 Å². The summed E-state index contributed by atoms with van der Waals surface area (Å²) in [5.74, 6) is -2.98. The average Bonchev–Trinajstić information content (AvgIpc) is 3.25. The van der Waals surface area contributed by atoms with Crippen LogP contribution in [0.2, 0.25) is 0 Å². The second kappa shape index (κ2) is 14.1. The molecule has 5 unspecified atom stereocenters. The summed E-state index contributed by atoms with van der Waals surface area (Å²) in [5.41, 5.74) is 7.58. The van der Waals surface area contributed by atoms with E-state index in [9.17, 15) is 29.4 Å². The normalized spacial score (nSPS) is 15.4. The molecule has 13 heteroatoms. The number of rotatable bonds is 14. The van der Waals surface area contributed by atoms with Crippen molar-refractivity contribution < 1.29 is 29.4 Å². The van der Waals surface area contributed by atoms with E-state index < -0.39 is 54.0 Å². The first kappa shape index (κ1) is 29.5. The molecule has 8 N–H and O–H groups in total. The van der Waals surface area contributed by atoms with Gasteiger partial charge in [0.05, 0.1) is 12.1 Å². The van der Waals surface area contributed by atoms with Crippen molar-refractivity contribution in [1.82, 2.24) is 20.9 Å². The van der Waals surface area contributed by atoms with E-state index in [4.69, 9.17) is 5.73 Å². The second-order valence-electron chi connectivity index (χ2n) is 8.32. The zero-order valence-corrected chi connectivity index (χ0v) is 21.8. The number of carbonyl (C=O) groups is 4. The Hall–Kier alpha value is -2.74. The Bertz CT molecular complexity index is 1060. The van der Waals surface area contributed by atoms with Crippen molar-refractivity contribution in [2.75, 3.05) is 17.8 Å². The molecule has 1 heterocycles. The second-order valence-corrected chi connectivity index (χ2v) is 9.67. The first-order valence-corrected chi connectivity index (χ1v) is 13.3. The number of H-pyrrole nitrogens is 1. The van der Waals surface area contributed by atoms with Gasteiger partial charge in [-0.05, 0) is 37.0 Å². The quantitative estimate of drug-likeness (QED) is 0.150. The lowest BCUT2D eigenvalue weighted by Crippen LogP contribution is -2.60. The standard InChI is InChI=1S/C23H33N5O6S2/c1-12(29)19(22(32)27-18(11-35)23(33)34)28-21(31)17(26-20(30)15(24)7-8-36-2)9-13-10-25-16-6-4-3-5-14(13)16/h3-6,10,12,15,17-19,25,29,35H,7-9,11,24H2,1-2H3,(H,26,30)(H,27,32)(H,28,31)(H,33,34). The number of aliphatic hydroxyl groups is 1. The molecular formula is C23H33N5O6S2. The molecule has 0 fully saturated rings. The SMILES string of the molecule is CSCCC(N)C(=O)NC(Cc1c[nH]c2ccccc12)C(=O)NC(C(=O)NC(CS)C(=O)O)C(C)O. The van der Waals surface area contributed by atoms with Crippen molar-refractivity contribution >= 4 is 59.0 Å². The molecule has 0 saturated carbocycles. The van der Waals surface area contributed by atoms with Gasteiger partial charge in [0.25, 0.3) is 0 Å². The third-order valence-corrected chi connectivity index (χ3v) is 6.57. The van der Waals surface area contributed by atoms with E-state index in [1.807, 2.05) is 30.5 Å². The largest absolute Gasteiger partial charge is 0.480 e. The summed E-state index contributed by atoms with van der Waals surface area (Å²) in [5, 5.41) is 27.5. The minimum Gasteiger partial charge on any atom is -0.480 e. The number of carboxylic acid groups (broad SMARTS) is 1. The van der Waals surface area contributed by atoms with Gasteiger partial charge in [0.1, 0.15) is 18.1 Å². The van der Waals surface area contributed by atoms with Gasteiger partial charge in [-0.1, -0.05) is 18.2 Å². The number of aliphatic hydroxyl groups excluding tert-OH is 1. The first-order valence-electron chi connectivity index (χ1n) is 11.3. The Labute approximate surface area is 218 Å². The number of aromatic nitrogens is 1. The number of fused-ring (bicyclic) bond motifs is 1. The van der Waals surface area contributed by atoms with Gasteiger partial charge in [-0.2, -0.15) is 24.4 Å². The molecule has 3 amide bonds. The maximum atomic E-state index is 13.3. The number of hydrogen-bond donors (Lipinski definition) is 8. The lowest BCUT2D eigenvalue weighted by atomic mass is 10.0. The molecule has 5 atom stereocenters. The van der Waals surface area contributed by atoms with Crippen molar-refractivity contribution in [2.24, 2.45) is 5.73 Å². The molecule has 0 aliphatic carbocycles. The van der Waals surface area contributed by atoms with Gasteiger partial charge in [0.2, 0.25) is 17.7 Å². The Kier molecular flexibility index (Phi) is 11.6. The molecule has 36 heavy (non-hydrogen) atoms. The van der Waals surface area contributed by atoms with Gasteiger partial charge in [-0.25, -0.2) is 4.79 Å². The molecule has 2 aromatic rings. The molecule has 1 aromatic heterocycles. The number of nitrogens with two attached hydrogens (primary N) is 1. The van der Waals surface area contributed by atoms with Crippen molar-refractivity contribution in [3.8, 4) is 0 Å². The molecule has 11 nitrogen and oxygen atoms in total. The molecule has 0 spiro atoms. The fraction of sp³-hybridized carbons (Fsp3) is 0.478. The Morgan fingerprint density at radius 1 is 1.08 bits per heavy atom. The van der Waals surface area contributed by atoms with Crippen LogP contribution < -0.4 is 21.7 Å². The fourth-order valence-corrected chi connectivity index (χ4v) is 4.23. The van der Waals surface area contributed by atoms with Crippen LogP contribution in [0.25, 0.3) is 10.9 Å². The molecule has 0 radical (unpaired) electrons. The number of thioether (sulfide) groups is 1. The Balaban J connectivity index is 2.26. The van der Waals surface area contributed by atoms with Crippen LogP contribution >= 0.6 is 24.4 Å². The maximum absolute atomic E-state index is 13.3. The van der Waals surface area contributed by atoms with Gasteiger partial charge in [-0.3, -0.25) is 14.4 Å². The van der Waals surface area contributed by atoms with Crippen LogP contribution in [-0.2, 0) is 25.6 Å². The van der Waals surface area contributed by atoms with Crippen LogP contribution in [0.3, 0.4) is 0 Å². The van der Waals surface area contributed by atoms with Gasteiger partial charge in [0, 0.05) is 29.3 Å². The Morgan fingerprint density at radius 3 is 2.36 bits per heavy atom. The minimum atomic E-state index is -1.47. The number of hydrogen-bond acceptors (Lipinski definition) is 8. The van der Waals surface area contributed by atoms with Crippen LogP contribution in [0.1, 0.15) is 18.9 Å². The van der Waals surface area contributed by atoms with Gasteiger partial charge < -0.3 is 36.9 Å². The summed E-state index contributed by atoms with van der Waals surface area (Å²) in [6, 6.07) is 2.73. The number of aliphatic carboxylic acids is 1. The number of amides is 3. The lowest BCUT2D eigenvalue weighted by Gasteiger charge is -2.26. The number of nitrogens with one attached hydrogen (secondary N) is 4. The van der Waals surface area contributed by atoms with Gasteiger partial charge in [0.15, 0.2) is 0 Å². The van der Waals surface area contributed by atoms with Crippen LogP contribution in [0, 0.1) is 0 Å².